The average molecular weight is 553 g/mol. The predicted molar refractivity (Wildman–Crippen MR) is 149 cm³/mol. The third-order valence-corrected chi connectivity index (χ3v) is 6.54. The number of amides is 2. The number of nitrogen functional groups attached to an aromatic ring is 1. The first kappa shape index (κ1) is 30.4. The van der Waals surface area contributed by atoms with Gasteiger partial charge in [-0.3, -0.25) is 9.59 Å². The lowest BCUT2D eigenvalue weighted by atomic mass is 9.88. The first-order valence-electron chi connectivity index (χ1n) is 13.4. The van der Waals surface area contributed by atoms with Crippen molar-refractivity contribution in [3.05, 3.63) is 41.9 Å². The number of alkyl halides is 1. The molecule has 0 saturated heterocycles. The number of rotatable bonds is 7. The molecule has 1 aliphatic rings. The molecule has 1 fully saturated rings. The van der Waals surface area contributed by atoms with E-state index in [1.54, 1.807) is 12.3 Å². The Bertz CT molecular complexity index is 1370. The Labute approximate surface area is 233 Å². The van der Waals surface area contributed by atoms with Crippen molar-refractivity contribution in [2.45, 2.75) is 77.6 Å². The maximum atomic E-state index is 13.8. The molecule has 3 heterocycles. The number of pyridine rings is 2. The van der Waals surface area contributed by atoms with Crippen LogP contribution in [0.3, 0.4) is 0 Å². The molecule has 0 aliphatic heterocycles. The smallest absolute Gasteiger partial charge is 0.255 e. The normalized spacial score (nSPS) is 14.7. The topological polar surface area (TPSA) is 172 Å². The van der Waals surface area contributed by atoms with Crippen LogP contribution in [0, 0.1) is 17.2 Å². The van der Waals surface area contributed by atoms with Crippen LogP contribution in [0.5, 0.6) is 0 Å². The molecular weight excluding hydrogens is 515 g/mol. The number of hydrogen-bond acceptors (Lipinski definition) is 8. The van der Waals surface area contributed by atoms with Crippen LogP contribution < -0.4 is 16.4 Å². The molecule has 2 amide bonds. The number of halogens is 1. The quantitative estimate of drug-likeness (QED) is 0.346. The van der Waals surface area contributed by atoms with Crippen molar-refractivity contribution in [2.24, 2.45) is 5.92 Å². The molecule has 3 aromatic rings. The zero-order valence-corrected chi connectivity index (χ0v) is 23.3. The van der Waals surface area contributed by atoms with Crippen LogP contribution in [-0.2, 0) is 4.79 Å². The first-order valence-corrected chi connectivity index (χ1v) is 13.4. The summed E-state index contributed by atoms with van der Waals surface area (Å²) in [7, 11) is 0. The van der Waals surface area contributed by atoms with E-state index in [2.05, 4.69) is 25.7 Å². The van der Waals surface area contributed by atoms with Gasteiger partial charge in [-0.05, 0) is 46.6 Å². The molecule has 11 nitrogen and oxygen atoms in total. The molecule has 1 saturated carbocycles. The summed E-state index contributed by atoms with van der Waals surface area (Å²) in [5.74, 6) is 0.303. The van der Waals surface area contributed by atoms with Gasteiger partial charge >= 0.3 is 0 Å². The molecule has 4 rings (SSSR count). The summed E-state index contributed by atoms with van der Waals surface area (Å²) in [6.45, 7) is 6.30. The van der Waals surface area contributed by atoms with Gasteiger partial charge in [-0.1, -0.05) is 19.3 Å². The van der Waals surface area contributed by atoms with Gasteiger partial charge in [0.05, 0.1) is 29.5 Å². The second-order valence-corrected chi connectivity index (χ2v) is 10.8. The number of anilines is 1. The molecule has 0 spiro atoms. The molecule has 40 heavy (non-hydrogen) atoms. The lowest BCUT2D eigenvalue weighted by Gasteiger charge is -2.22. The number of aliphatic hydroxyl groups is 1. The molecule has 5 N–H and O–H groups in total. The predicted octanol–water partition coefficient (Wildman–Crippen LogP) is 3.20. The summed E-state index contributed by atoms with van der Waals surface area (Å²) in [5.41, 5.74) is 5.47. The molecule has 12 heteroatoms. The van der Waals surface area contributed by atoms with Crippen LogP contribution in [0.15, 0.2) is 30.7 Å². The molecule has 214 valence electrons. The Morgan fingerprint density at radius 3 is 2.50 bits per heavy atom. The summed E-state index contributed by atoms with van der Waals surface area (Å²) in [6.07, 6.45) is 8.55. The second kappa shape index (κ2) is 13.3. The molecule has 0 aromatic carbocycles. The van der Waals surface area contributed by atoms with Gasteiger partial charge in [0.25, 0.3) is 5.91 Å². The Morgan fingerprint density at radius 2 is 1.90 bits per heavy atom. The van der Waals surface area contributed by atoms with Crippen LogP contribution in [0.25, 0.3) is 16.9 Å². The Balaban J connectivity index is 0.000000307. The van der Waals surface area contributed by atoms with Gasteiger partial charge in [0, 0.05) is 41.5 Å². The number of hydrogen-bond donors (Lipinski definition) is 4. The van der Waals surface area contributed by atoms with Gasteiger partial charge in [-0.25, -0.2) is 14.4 Å². The van der Waals surface area contributed by atoms with Gasteiger partial charge in [0.1, 0.15) is 12.2 Å². The Kier molecular flexibility index (Phi) is 10.1. The summed E-state index contributed by atoms with van der Waals surface area (Å²) in [6, 6.07) is 5.39. The molecule has 1 unspecified atom stereocenters. The molecule has 3 aromatic heterocycles. The van der Waals surface area contributed by atoms with Crippen molar-refractivity contribution in [3.63, 3.8) is 0 Å². The zero-order chi connectivity index (χ0) is 29.4. The Morgan fingerprint density at radius 1 is 1.20 bits per heavy atom. The highest BCUT2D eigenvalue weighted by Crippen LogP contribution is 2.23. The third-order valence-electron chi connectivity index (χ3n) is 6.54. The van der Waals surface area contributed by atoms with Crippen molar-refractivity contribution in [2.75, 3.05) is 12.3 Å². The van der Waals surface area contributed by atoms with Crippen molar-refractivity contribution < 1.29 is 19.1 Å². The summed E-state index contributed by atoms with van der Waals surface area (Å²) >= 11 is 0. The van der Waals surface area contributed by atoms with E-state index in [0.717, 1.165) is 12.8 Å². The monoisotopic (exact) mass is 552 g/mol. The van der Waals surface area contributed by atoms with Crippen LogP contribution in [0.1, 0.15) is 75.7 Å². The number of nitrogens with two attached hydrogens (primary N) is 1. The average Bonchev–Trinajstić information content (AvgIpc) is 3.34. The van der Waals surface area contributed by atoms with Gasteiger partial charge in [-0.15, -0.1) is 0 Å². The molecule has 0 bridgehead atoms. The minimum atomic E-state index is -1.63. The van der Waals surface area contributed by atoms with E-state index in [-0.39, 0.29) is 23.7 Å². The van der Waals surface area contributed by atoms with E-state index < -0.39 is 17.7 Å². The minimum Gasteiger partial charge on any atom is -0.398 e. The second-order valence-electron chi connectivity index (χ2n) is 10.8. The maximum Gasteiger partial charge on any atom is 0.255 e. The van der Waals surface area contributed by atoms with Crippen molar-refractivity contribution in [1.82, 2.24) is 30.4 Å². The van der Waals surface area contributed by atoms with Crippen LogP contribution >= 0.6 is 0 Å². The van der Waals surface area contributed by atoms with E-state index in [9.17, 15) is 19.1 Å². The number of aromatic nitrogens is 4. The summed E-state index contributed by atoms with van der Waals surface area (Å²) in [4.78, 5) is 32.1. The molecule has 0 radical (unpaired) electrons. The number of nitriles is 1. The minimum absolute atomic E-state index is 0.0721. The van der Waals surface area contributed by atoms with E-state index in [1.807, 2.05) is 19.9 Å². The van der Waals surface area contributed by atoms with E-state index in [0.29, 0.717) is 34.4 Å². The van der Waals surface area contributed by atoms with Crippen molar-refractivity contribution >= 4 is 28.5 Å². The highest BCUT2D eigenvalue weighted by molar-refractivity contribution is 5.99. The van der Waals surface area contributed by atoms with Crippen molar-refractivity contribution in [1.29, 1.82) is 5.26 Å². The fraction of sp³-hybridized carbons (Fsp3) is 0.500. The van der Waals surface area contributed by atoms with Gasteiger partial charge in [0.15, 0.2) is 11.5 Å². The highest BCUT2D eigenvalue weighted by atomic mass is 19.1. The number of carbonyl (C=O) groups excluding carboxylic acids is 2. The standard InChI is InChI=1S/C18H18FN7O2.C10H19NO/c1-18(2,28)14(19)9-24-17(27)12-8-22-15(4-13(12)21)26-16-11(7-25-26)3-10(5-20)6-23-16;1-8(2)11-10(12)9-6-4-3-5-7-9/h3-4,6-8,14,28H,9H2,1-2H3,(H2,21,22)(H,24,27);8-9H,3-7H2,1-2H3,(H,11,12). The lowest BCUT2D eigenvalue weighted by Crippen LogP contribution is -2.42. The fourth-order valence-electron chi connectivity index (χ4n) is 4.21. The summed E-state index contributed by atoms with van der Waals surface area (Å²) < 4.78 is 15.2. The lowest BCUT2D eigenvalue weighted by molar-refractivity contribution is -0.126. The SMILES string of the molecule is CC(C)(O)C(F)CNC(=O)c1cnc(-n2ncc3cc(C#N)cnc32)cc1N.CC(C)NC(=O)C1CCCCC1. The molecular formula is C28H37FN8O3. The van der Waals surface area contributed by atoms with Crippen molar-refractivity contribution in [3.8, 4) is 11.9 Å². The molecule has 1 aliphatic carbocycles. The Hall–Kier alpha value is -4.11. The third kappa shape index (κ3) is 7.95. The summed E-state index contributed by atoms with van der Waals surface area (Å²) in [5, 5.41) is 28.7. The zero-order valence-electron chi connectivity index (χ0n) is 23.3. The number of fused-ring (bicyclic) bond motifs is 1. The van der Waals surface area contributed by atoms with E-state index >= 15 is 0 Å². The van der Waals surface area contributed by atoms with Gasteiger partial charge in [0.2, 0.25) is 5.91 Å². The fourth-order valence-corrected chi connectivity index (χ4v) is 4.21. The van der Waals surface area contributed by atoms with Crippen LogP contribution in [0.2, 0.25) is 0 Å². The largest absolute Gasteiger partial charge is 0.398 e. The number of carbonyl (C=O) groups is 2. The maximum absolute atomic E-state index is 13.8. The van der Waals surface area contributed by atoms with Gasteiger partial charge < -0.3 is 21.5 Å². The van der Waals surface area contributed by atoms with E-state index in [1.165, 1.54) is 56.3 Å². The molecule has 1 atom stereocenters. The first-order chi connectivity index (χ1) is 18.9. The van der Waals surface area contributed by atoms with E-state index in [4.69, 9.17) is 11.0 Å². The van der Waals surface area contributed by atoms with Gasteiger partial charge in [-0.2, -0.15) is 15.0 Å². The van der Waals surface area contributed by atoms with Crippen LogP contribution in [0.4, 0.5) is 10.1 Å². The highest BCUT2D eigenvalue weighted by Gasteiger charge is 2.27. The van der Waals surface area contributed by atoms with Crippen LogP contribution in [-0.4, -0.2) is 61.0 Å². The number of nitrogens with one attached hydrogen (secondary N) is 2. The number of nitrogens with zero attached hydrogens (tertiary/aromatic N) is 5.